The first kappa shape index (κ1) is 23.1. The molecule has 0 spiro atoms. The Balaban J connectivity index is 1.55. The highest BCUT2D eigenvalue weighted by Crippen LogP contribution is 2.20. The Labute approximate surface area is 180 Å². The second-order valence-corrected chi connectivity index (χ2v) is 9.05. The summed E-state index contributed by atoms with van der Waals surface area (Å²) in [6.07, 6.45) is -0.708. The van der Waals surface area contributed by atoms with Gasteiger partial charge in [-0.15, -0.1) is 0 Å². The number of sulfonamides is 1. The van der Waals surface area contributed by atoms with Gasteiger partial charge in [-0.2, -0.15) is 4.31 Å². The highest BCUT2D eigenvalue weighted by atomic mass is 32.2. The molecule has 10 heteroatoms. The topological polar surface area (TPSA) is 76.2 Å². The van der Waals surface area contributed by atoms with Crippen LogP contribution in [-0.4, -0.2) is 62.9 Å². The monoisotopic (exact) mass is 454 g/mol. The van der Waals surface area contributed by atoms with Crippen molar-refractivity contribution in [2.45, 2.75) is 24.5 Å². The van der Waals surface area contributed by atoms with Crippen LogP contribution in [0.5, 0.6) is 5.75 Å². The summed E-state index contributed by atoms with van der Waals surface area (Å²) in [4.78, 5) is 13.9. The van der Waals surface area contributed by atoms with E-state index >= 15 is 0 Å². The quantitative estimate of drug-likeness (QED) is 0.642. The molecule has 1 heterocycles. The number of benzene rings is 2. The van der Waals surface area contributed by atoms with Gasteiger partial charge in [0, 0.05) is 26.2 Å². The number of piperazine rings is 1. The van der Waals surface area contributed by atoms with Gasteiger partial charge in [-0.05, 0) is 42.8 Å². The molecule has 1 fully saturated rings. The van der Waals surface area contributed by atoms with E-state index in [1.54, 1.807) is 14.0 Å². The van der Waals surface area contributed by atoms with Gasteiger partial charge >= 0.3 is 0 Å². The molecule has 7 nitrogen and oxygen atoms in total. The van der Waals surface area contributed by atoms with E-state index in [-0.39, 0.29) is 43.6 Å². The van der Waals surface area contributed by atoms with Crippen LogP contribution in [0.1, 0.15) is 12.5 Å². The normalized spacial score (nSPS) is 16.2. The Morgan fingerprint density at radius 1 is 1.06 bits per heavy atom. The average Bonchev–Trinajstić information content (AvgIpc) is 2.78. The molecule has 0 aromatic heterocycles. The fourth-order valence-electron chi connectivity index (χ4n) is 3.25. The third-order valence-electron chi connectivity index (χ3n) is 5.06. The molecule has 31 heavy (non-hydrogen) atoms. The molecule has 0 bridgehead atoms. The largest absolute Gasteiger partial charge is 0.497 e. The van der Waals surface area contributed by atoms with Crippen molar-refractivity contribution in [2.24, 2.45) is 0 Å². The third-order valence-corrected chi connectivity index (χ3v) is 6.96. The van der Waals surface area contributed by atoms with E-state index < -0.39 is 27.8 Å². The van der Waals surface area contributed by atoms with E-state index in [0.29, 0.717) is 11.8 Å². The highest BCUT2D eigenvalue weighted by molar-refractivity contribution is 7.89. The molecule has 1 atom stereocenters. The summed E-state index contributed by atoms with van der Waals surface area (Å²) in [6.45, 7) is 2.33. The Hall–Kier alpha value is -2.56. The van der Waals surface area contributed by atoms with Crippen molar-refractivity contribution in [3.05, 3.63) is 59.7 Å². The SMILES string of the molecule is COc1cccc(COC(C)C(=O)N2CCN(S(=O)(=O)c3ccc(F)c(F)c3)CC2)c1. The number of carbonyl (C=O) groups is 1. The predicted octanol–water partition coefficient (Wildman–Crippen LogP) is 2.41. The lowest BCUT2D eigenvalue weighted by Crippen LogP contribution is -2.52. The zero-order valence-electron chi connectivity index (χ0n) is 17.3. The number of nitrogens with zero attached hydrogens (tertiary/aromatic N) is 2. The summed E-state index contributed by atoms with van der Waals surface area (Å²) in [5.41, 5.74) is 0.862. The molecule has 1 amide bonds. The minimum absolute atomic E-state index is 0.0513. The molecule has 1 aliphatic rings. The van der Waals surface area contributed by atoms with Crippen LogP contribution in [0.15, 0.2) is 47.4 Å². The van der Waals surface area contributed by atoms with Crippen molar-refractivity contribution in [2.75, 3.05) is 33.3 Å². The molecule has 0 saturated carbocycles. The highest BCUT2D eigenvalue weighted by Gasteiger charge is 2.32. The maximum Gasteiger partial charge on any atom is 0.251 e. The van der Waals surface area contributed by atoms with E-state index in [0.717, 1.165) is 22.0 Å². The van der Waals surface area contributed by atoms with Crippen LogP contribution in [-0.2, 0) is 26.2 Å². The van der Waals surface area contributed by atoms with Gasteiger partial charge in [0.2, 0.25) is 10.0 Å². The standard InChI is InChI=1S/C21H24F2N2O5S/c1-15(30-14-16-4-3-5-17(12-16)29-2)21(26)24-8-10-25(11-9-24)31(27,28)18-6-7-19(22)20(23)13-18/h3-7,12-13,15H,8-11,14H2,1-2H3. The molecule has 0 radical (unpaired) electrons. The van der Waals surface area contributed by atoms with E-state index in [1.165, 1.54) is 4.90 Å². The summed E-state index contributed by atoms with van der Waals surface area (Å²) in [6, 6.07) is 9.79. The van der Waals surface area contributed by atoms with Crippen molar-refractivity contribution in [1.29, 1.82) is 0 Å². The number of hydrogen-bond donors (Lipinski definition) is 0. The lowest BCUT2D eigenvalue weighted by Gasteiger charge is -2.35. The van der Waals surface area contributed by atoms with Crippen molar-refractivity contribution >= 4 is 15.9 Å². The molecule has 3 rings (SSSR count). The Kier molecular flexibility index (Phi) is 7.24. The molecule has 2 aromatic rings. The number of carbonyl (C=O) groups excluding carboxylic acids is 1. The summed E-state index contributed by atoms with van der Waals surface area (Å²) >= 11 is 0. The van der Waals surface area contributed by atoms with Crippen molar-refractivity contribution in [3.8, 4) is 5.75 Å². The molecular weight excluding hydrogens is 430 g/mol. The number of amides is 1. The van der Waals surface area contributed by atoms with Gasteiger partial charge in [0.05, 0.1) is 18.6 Å². The molecule has 0 N–H and O–H groups in total. The summed E-state index contributed by atoms with van der Waals surface area (Å²) in [7, 11) is -2.41. The number of ether oxygens (including phenoxy) is 2. The first-order valence-electron chi connectivity index (χ1n) is 9.71. The van der Waals surface area contributed by atoms with Gasteiger partial charge in [0.1, 0.15) is 11.9 Å². The minimum Gasteiger partial charge on any atom is -0.497 e. The van der Waals surface area contributed by atoms with E-state index in [4.69, 9.17) is 9.47 Å². The lowest BCUT2D eigenvalue weighted by atomic mass is 10.2. The van der Waals surface area contributed by atoms with Crippen LogP contribution in [0.3, 0.4) is 0 Å². The Morgan fingerprint density at radius 3 is 2.42 bits per heavy atom. The maximum atomic E-state index is 13.4. The zero-order chi connectivity index (χ0) is 22.6. The van der Waals surface area contributed by atoms with Crippen LogP contribution in [0.25, 0.3) is 0 Å². The fourth-order valence-corrected chi connectivity index (χ4v) is 4.68. The van der Waals surface area contributed by atoms with Crippen molar-refractivity contribution in [3.63, 3.8) is 0 Å². The average molecular weight is 454 g/mol. The van der Waals surface area contributed by atoms with Crippen LogP contribution in [0.4, 0.5) is 8.78 Å². The van der Waals surface area contributed by atoms with Gasteiger partial charge in [0.25, 0.3) is 5.91 Å². The molecule has 168 valence electrons. The summed E-state index contributed by atoms with van der Waals surface area (Å²) in [5.74, 6) is -1.89. The second kappa shape index (κ2) is 9.71. The van der Waals surface area contributed by atoms with Gasteiger partial charge in [-0.25, -0.2) is 17.2 Å². The van der Waals surface area contributed by atoms with E-state index in [1.807, 2.05) is 24.3 Å². The molecule has 2 aromatic carbocycles. The Bertz CT molecular complexity index is 1040. The van der Waals surface area contributed by atoms with Gasteiger partial charge in [-0.1, -0.05) is 12.1 Å². The maximum absolute atomic E-state index is 13.4. The third kappa shape index (κ3) is 5.38. The van der Waals surface area contributed by atoms with Crippen LogP contribution < -0.4 is 4.74 Å². The molecule has 1 aliphatic heterocycles. The summed E-state index contributed by atoms with van der Waals surface area (Å²) in [5, 5.41) is 0. The Morgan fingerprint density at radius 2 is 1.77 bits per heavy atom. The van der Waals surface area contributed by atoms with E-state index in [9.17, 15) is 22.0 Å². The second-order valence-electron chi connectivity index (χ2n) is 7.11. The van der Waals surface area contributed by atoms with Crippen LogP contribution >= 0.6 is 0 Å². The molecule has 1 saturated heterocycles. The van der Waals surface area contributed by atoms with Gasteiger partial charge in [0.15, 0.2) is 11.6 Å². The van der Waals surface area contributed by atoms with E-state index in [2.05, 4.69) is 0 Å². The number of halogens is 2. The molecule has 1 unspecified atom stereocenters. The predicted molar refractivity (Wildman–Crippen MR) is 109 cm³/mol. The van der Waals surface area contributed by atoms with Crippen molar-refractivity contribution in [1.82, 2.24) is 9.21 Å². The summed E-state index contributed by atoms with van der Waals surface area (Å²) < 4.78 is 63.9. The van der Waals surface area contributed by atoms with Crippen LogP contribution in [0, 0.1) is 11.6 Å². The minimum atomic E-state index is -3.98. The number of methoxy groups -OCH3 is 1. The van der Waals surface area contributed by atoms with Gasteiger partial charge in [-0.3, -0.25) is 4.79 Å². The smallest absolute Gasteiger partial charge is 0.251 e. The lowest BCUT2D eigenvalue weighted by molar-refractivity contribution is -0.144. The van der Waals surface area contributed by atoms with Crippen molar-refractivity contribution < 1.29 is 31.5 Å². The van der Waals surface area contributed by atoms with Crippen LogP contribution in [0.2, 0.25) is 0 Å². The zero-order valence-corrected chi connectivity index (χ0v) is 18.1. The first-order chi connectivity index (χ1) is 14.7. The number of rotatable bonds is 7. The number of hydrogen-bond acceptors (Lipinski definition) is 5. The molecule has 0 aliphatic carbocycles. The molecular formula is C21H24F2N2O5S. The van der Waals surface area contributed by atoms with Gasteiger partial charge < -0.3 is 14.4 Å². The fraction of sp³-hybridized carbons (Fsp3) is 0.381. The first-order valence-corrected chi connectivity index (χ1v) is 11.1.